The molecule has 0 saturated carbocycles. The van der Waals surface area contributed by atoms with Crippen LogP contribution in [0.25, 0.3) is 0 Å². The fourth-order valence-corrected chi connectivity index (χ4v) is 3.48. The first kappa shape index (κ1) is 40.3. The van der Waals surface area contributed by atoms with Gasteiger partial charge in [0.25, 0.3) is 0 Å². The van der Waals surface area contributed by atoms with Crippen molar-refractivity contribution in [3.63, 3.8) is 0 Å². The van der Waals surface area contributed by atoms with E-state index in [9.17, 15) is 0 Å². The van der Waals surface area contributed by atoms with Crippen molar-refractivity contribution in [2.24, 2.45) is 0 Å². The van der Waals surface area contributed by atoms with Crippen molar-refractivity contribution in [1.82, 2.24) is 0 Å². The lowest BCUT2D eigenvalue weighted by atomic mass is 10.1. The molecule has 10 nitrogen and oxygen atoms in total. The Morgan fingerprint density at radius 1 is 0.317 bits per heavy atom. The van der Waals surface area contributed by atoms with Crippen molar-refractivity contribution in [3.05, 3.63) is 12.7 Å². The Labute approximate surface area is 250 Å². The molecule has 10 heteroatoms. The molecule has 0 rings (SSSR count). The molecule has 0 heterocycles. The summed E-state index contributed by atoms with van der Waals surface area (Å²) in [6, 6.07) is 0. The van der Waals surface area contributed by atoms with Crippen LogP contribution < -0.4 is 0 Å². The van der Waals surface area contributed by atoms with Crippen LogP contribution in [0.5, 0.6) is 0 Å². The van der Waals surface area contributed by atoms with Crippen molar-refractivity contribution in [2.45, 2.75) is 58.3 Å². The number of ether oxygens (including phenoxy) is 10. The van der Waals surface area contributed by atoms with Crippen LogP contribution in [0, 0.1) is 0 Å². The minimum Gasteiger partial charge on any atom is -0.379 e. The first-order valence-electron chi connectivity index (χ1n) is 15.8. The van der Waals surface area contributed by atoms with Crippen LogP contribution in [0.15, 0.2) is 12.7 Å². The van der Waals surface area contributed by atoms with Gasteiger partial charge in [-0.25, -0.2) is 0 Å². The average Bonchev–Trinajstić information content (AvgIpc) is 2.98. The number of hydrogen-bond acceptors (Lipinski definition) is 10. The Morgan fingerprint density at radius 2 is 0.561 bits per heavy atom. The standard InChI is InChI=1S/C31H62O10/c1-3-5-6-7-8-9-10-11-13-33-15-17-35-19-21-37-23-25-39-27-29-41-31-30-40-28-26-38-24-22-36-20-18-34-16-14-32-12-4-2/h4H,2-3,5-31H2,1H3. The van der Waals surface area contributed by atoms with Gasteiger partial charge in [0, 0.05) is 6.61 Å². The fourth-order valence-electron chi connectivity index (χ4n) is 3.48. The third-order valence-corrected chi connectivity index (χ3v) is 5.73. The quantitative estimate of drug-likeness (QED) is 0.0753. The third kappa shape index (κ3) is 39.3. The highest BCUT2D eigenvalue weighted by Gasteiger charge is 1.96. The monoisotopic (exact) mass is 594 g/mol. The molecule has 0 radical (unpaired) electrons. The van der Waals surface area contributed by atoms with E-state index in [1.807, 2.05) is 0 Å². The molecule has 0 spiro atoms. The maximum absolute atomic E-state index is 5.62. The zero-order valence-electron chi connectivity index (χ0n) is 26.2. The predicted molar refractivity (Wildman–Crippen MR) is 161 cm³/mol. The van der Waals surface area contributed by atoms with Crippen LogP contribution in [-0.4, -0.2) is 132 Å². The van der Waals surface area contributed by atoms with Gasteiger partial charge in [-0.1, -0.05) is 57.9 Å². The molecule has 0 aliphatic heterocycles. The zero-order chi connectivity index (χ0) is 29.6. The van der Waals surface area contributed by atoms with E-state index in [2.05, 4.69) is 13.5 Å². The van der Waals surface area contributed by atoms with Crippen molar-refractivity contribution in [2.75, 3.05) is 132 Å². The fraction of sp³-hybridized carbons (Fsp3) is 0.935. The number of hydrogen-bond donors (Lipinski definition) is 0. The van der Waals surface area contributed by atoms with Gasteiger partial charge >= 0.3 is 0 Å². The Morgan fingerprint density at radius 3 is 0.854 bits per heavy atom. The van der Waals surface area contributed by atoms with E-state index in [-0.39, 0.29) is 0 Å². The molecule has 0 saturated heterocycles. The van der Waals surface area contributed by atoms with Gasteiger partial charge in [-0.2, -0.15) is 0 Å². The summed E-state index contributed by atoms with van der Waals surface area (Å²) in [6.07, 6.45) is 12.3. The average molecular weight is 595 g/mol. The molecule has 41 heavy (non-hydrogen) atoms. The summed E-state index contributed by atoms with van der Waals surface area (Å²) in [5, 5.41) is 0. The molecule has 0 aliphatic carbocycles. The van der Waals surface area contributed by atoms with Crippen LogP contribution in [-0.2, 0) is 47.4 Å². The normalized spacial score (nSPS) is 11.4. The van der Waals surface area contributed by atoms with E-state index < -0.39 is 0 Å². The topological polar surface area (TPSA) is 92.3 Å². The van der Waals surface area contributed by atoms with Crippen molar-refractivity contribution >= 4 is 0 Å². The largest absolute Gasteiger partial charge is 0.379 e. The second-order valence-corrected chi connectivity index (χ2v) is 9.35. The molecule has 0 fully saturated rings. The van der Waals surface area contributed by atoms with Crippen molar-refractivity contribution < 1.29 is 47.4 Å². The molecule has 0 aromatic carbocycles. The summed E-state index contributed by atoms with van der Waals surface area (Å²) < 4.78 is 54.5. The molecule has 0 aliphatic rings. The molecular weight excluding hydrogens is 532 g/mol. The van der Waals surface area contributed by atoms with E-state index >= 15 is 0 Å². The molecule has 246 valence electrons. The Hall–Kier alpha value is -0.660. The number of rotatable bonds is 38. The molecular formula is C31H62O10. The van der Waals surface area contributed by atoms with Gasteiger partial charge in [-0.3, -0.25) is 0 Å². The van der Waals surface area contributed by atoms with Crippen LogP contribution in [0.4, 0.5) is 0 Å². The Balaban J connectivity index is 3.02. The lowest BCUT2D eigenvalue weighted by Crippen LogP contribution is -2.15. The predicted octanol–water partition coefficient (Wildman–Crippen LogP) is 4.48. The SMILES string of the molecule is C=CCOCCOCCOCCOCCOCCOCCOCCOCCOCCOCCCCCCCCCC. The maximum atomic E-state index is 5.62. The molecule has 0 amide bonds. The van der Waals surface area contributed by atoms with Gasteiger partial charge < -0.3 is 47.4 Å². The minimum atomic E-state index is 0.529. The number of unbranched alkanes of at least 4 members (excludes halogenated alkanes) is 7. The molecule has 0 aromatic heterocycles. The lowest BCUT2D eigenvalue weighted by molar-refractivity contribution is -0.0261. The lowest BCUT2D eigenvalue weighted by Gasteiger charge is -2.09. The second kappa shape index (κ2) is 39.3. The van der Waals surface area contributed by atoms with E-state index in [0.717, 1.165) is 13.0 Å². The summed E-state index contributed by atoms with van der Waals surface area (Å²) in [5.41, 5.74) is 0. The van der Waals surface area contributed by atoms with E-state index in [1.165, 1.54) is 44.9 Å². The summed E-state index contributed by atoms with van der Waals surface area (Å²) in [6.45, 7) is 17.2. The third-order valence-electron chi connectivity index (χ3n) is 5.73. The summed E-state index contributed by atoms with van der Waals surface area (Å²) in [4.78, 5) is 0. The van der Waals surface area contributed by atoms with Gasteiger partial charge in [-0.05, 0) is 6.42 Å². The van der Waals surface area contributed by atoms with Crippen LogP contribution in [0.2, 0.25) is 0 Å². The van der Waals surface area contributed by atoms with E-state index in [0.29, 0.717) is 126 Å². The van der Waals surface area contributed by atoms with E-state index in [4.69, 9.17) is 47.4 Å². The van der Waals surface area contributed by atoms with Gasteiger partial charge in [0.05, 0.1) is 126 Å². The highest BCUT2D eigenvalue weighted by Crippen LogP contribution is 2.08. The Bertz CT molecular complexity index is 470. The van der Waals surface area contributed by atoms with E-state index in [1.54, 1.807) is 6.08 Å². The molecule has 0 unspecified atom stereocenters. The van der Waals surface area contributed by atoms with Crippen molar-refractivity contribution in [1.29, 1.82) is 0 Å². The Kier molecular flexibility index (Phi) is 38.7. The maximum Gasteiger partial charge on any atom is 0.0704 e. The van der Waals surface area contributed by atoms with Crippen LogP contribution in [0.3, 0.4) is 0 Å². The highest BCUT2D eigenvalue weighted by atomic mass is 16.6. The molecule has 0 aromatic rings. The molecule has 0 atom stereocenters. The van der Waals surface area contributed by atoms with Gasteiger partial charge in [0.1, 0.15) is 0 Å². The van der Waals surface area contributed by atoms with Gasteiger partial charge in [0.2, 0.25) is 0 Å². The zero-order valence-corrected chi connectivity index (χ0v) is 26.2. The molecule has 0 bridgehead atoms. The molecule has 0 N–H and O–H groups in total. The minimum absolute atomic E-state index is 0.529. The smallest absolute Gasteiger partial charge is 0.0704 e. The highest BCUT2D eigenvalue weighted by molar-refractivity contribution is 4.63. The summed E-state index contributed by atoms with van der Waals surface area (Å²) in [7, 11) is 0. The van der Waals surface area contributed by atoms with Crippen molar-refractivity contribution in [3.8, 4) is 0 Å². The summed E-state index contributed by atoms with van der Waals surface area (Å²) >= 11 is 0. The first-order chi connectivity index (χ1) is 20.4. The van der Waals surface area contributed by atoms with Crippen LogP contribution >= 0.6 is 0 Å². The van der Waals surface area contributed by atoms with Gasteiger partial charge in [0.15, 0.2) is 0 Å². The summed E-state index contributed by atoms with van der Waals surface area (Å²) in [5.74, 6) is 0. The van der Waals surface area contributed by atoms with Crippen LogP contribution in [0.1, 0.15) is 58.3 Å². The second-order valence-electron chi connectivity index (χ2n) is 9.35. The van der Waals surface area contributed by atoms with Gasteiger partial charge in [-0.15, -0.1) is 6.58 Å². The first-order valence-corrected chi connectivity index (χ1v) is 15.8.